The van der Waals surface area contributed by atoms with Gasteiger partial charge in [-0.1, -0.05) is 13.3 Å². The van der Waals surface area contributed by atoms with Gasteiger partial charge in [0, 0.05) is 0 Å². The van der Waals surface area contributed by atoms with Crippen molar-refractivity contribution in [3.63, 3.8) is 0 Å². The van der Waals surface area contributed by atoms with E-state index in [-0.39, 0.29) is 5.91 Å². The minimum Gasteiger partial charge on any atom is -0.480 e. The highest BCUT2D eigenvalue weighted by Gasteiger charge is 2.56. The maximum Gasteiger partial charge on any atom is 0.326 e. The van der Waals surface area contributed by atoms with Crippen molar-refractivity contribution in [1.29, 1.82) is 0 Å². The molecule has 0 heterocycles. The first-order valence-electron chi connectivity index (χ1n) is 4.79. The number of carboxylic acid groups (broad SMARTS) is 1. The van der Waals surface area contributed by atoms with Gasteiger partial charge >= 0.3 is 5.97 Å². The van der Waals surface area contributed by atoms with Crippen LogP contribution in [0.25, 0.3) is 0 Å². The third-order valence-corrected chi connectivity index (χ3v) is 3.17. The fourth-order valence-corrected chi connectivity index (χ4v) is 1.82. The number of carbonyl (C=O) groups is 2. The fraction of sp³-hybridized carbons (Fsp3) is 0.778. The Hall–Kier alpha value is -0.480. The molecular weight excluding hydrogens is 241 g/mol. The van der Waals surface area contributed by atoms with Gasteiger partial charge in [0.15, 0.2) is 0 Å². The Morgan fingerprint density at radius 1 is 1.60 bits per heavy atom. The van der Waals surface area contributed by atoms with Gasteiger partial charge < -0.3 is 10.4 Å². The smallest absolute Gasteiger partial charge is 0.326 e. The number of carbonyl (C=O) groups excluding carboxylic acids is 1. The second kappa shape index (κ2) is 4.58. The summed E-state index contributed by atoms with van der Waals surface area (Å²) in [5.41, 5.74) is 0. The topological polar surface area (TPSA) is 66.4 Å². The van der Waals surface area contributed by atoms with Crippen LogP contribution in [-0.2, 0) is 9.59 Å². The first-order chi connectivity index (χ1) is 6.88. The molecule has 2 unspecified atom stereocenters. The Labute approximate surface area is 97.9 Å². The van der Waals surface area contributed by atoms with Crippen LogP contribution in [0.4, 0.5) is 0 Å². The maximum absolute atomic E-state index is 11.5. The van der Waals surface area contributed by atoms with E-state index in [2.05, 4.69) is 5.32 Å². The number of hydrogen-bond donors (Lipinski definition) is 2. The van der Waals surface area contributed by atoms with Crippen LogP contribution in [0, 0.1) is 5.92 Å². The molecule has 0 aliphatic heterocycles. The number of alkyl halides is 2. The van der Waals surface area contributed by atoms with E-state index >= 15 is 0 Å². The molecular formula is C9H13Cl2NO3. The number of hydrogen-bond acceptors (Lipinski definition) is 2. The van der Waals surface area contributed by atoms with Crippen LogP contribution in [0.1, 0.15) is 26.2 Å². The monoisotopic (exact) mass is 253 g/mol. The van der Waals surface area contributed by atoms with Crippen LogP contribution in [-0.4, -0.2) is 27.4 Å². The molecule has 2 atom stereocenters. The molecule has 1 aliphatic rings. The zero-order chi connectivity index (χ0) is 11.6. The lowest BCUT2D eigenvalue weighted by Crippen LogP contribution is -2.42. The molecule has 4 nitrogen and oxygen atoms in total. The number of halogens is 2. The van der Waals surface area contributed by atoms with E-state index in [0.29, 0.717) is 19.3 Å². The second-order valence-electron chi connectivity index (χ2n) is 3.71. The average molecular weight is 254 g/mol. The van der Waals surface area contributed by atoms with Crippen molar-refractivity contribution in [2.45, 2.75) is 36.6 Å². The van der Waals surface area contributed by atoms with Crippen LogP contribution in [0.5, 0.6) is 0 Å². The van der Waals surface area contributed by atoms with Crippen molar-refractivity contribution in [3.8, 4) is 0 Å². The van der Waals surface area contributed by atoms with Crippen LogP contribution in [0.15, 0.2) is 0 Å². The Morgan fingerprint density at radius 3 is 2.47 bits per heavy atom. The Balaban J connectivity index is 2.45. The molecule has 0 radical (unpaired) electrons. The zero-order valence-electron chi connectivity index (χ0n) is 8.30. The van der Waals surface area contributed by atoms with Gasteiger partial charge in [0.25, 0.3) is 0 Å². The van der Waals surface area contributed by atoms with Crippen LogP contribution >= 0.6 is 23.2 Å². The van der Waals surface area contributed by atoms with Crippen molar-refractivity contribution >= 4 is 35.1 Å². The van der Waals surface area contributed by atoms with E-state index in [9.17, 15) is 9.59 Å². The van der Waals surface area contributed by atoms with Crippen LogP contribution < -0.4 is 5.32 Å². The maximum atomic E-state index is 11.5. The molecule has 1 saturated carbocycles. The summed E-state index contributed by atoms with van der Waals surface area (Å²) in [6, 6.07) is -0.841. The molecule has 0 aromatic rings. The van der Waals surface area contributed by atoms with Gasteiger partial charge in [0.2, 0.25) is 5.91 Å². The lowest BCUT2D eigenvalue weighted by Gasteiger charge is -2.13. The highest BCUT2D eigenvalue weighted by molar-refractivity contribution is 6.52. The van der Waals surface area contributed by atoms with Gasteiger partial charge in [-0.25, -0.2) is 4.79 Å². The van der Waals surface area contributed by atoms with Crippen molar-refractivity contribution in [2.75, 3.05) is 0 Å². The average Bonchev–Trinajstić information content (AvgIpc) is 2.74. The lowest BCUT2D eigenvalue weighted by atomic mass is 10.1. The number of rotatable bonds is 5. The molecule has 0 aromatic heterocycles. The number of aliphatic carboxylic acids is 1. The summed E-state index contributed by atoms with van der Waals surface area (Å²) in [4.78, 5) is 22.2. The third kappa shape index (κ3) is 3.24. The summed E-state index contributed by atoms with van der Waals surface area (Å²) in [6.07, 6.45) is 1.49. The molecule has 0 bridgehead atoms. The number of carboxylic acids is 1. The summed E-state index contributed by atoms with van der Waals surface area (Å²) in [7, 11) is 0. The molecule has 1 aliphatic carbocycles. The molecule has 0 aromatic carbocycles. The Kier molecular flexibility index (Phi) is 3.84. The first kappa shape index (κ1) is 12.6. The lowest BCUT2D eigenvalue weighted by molar-refractivity contribution is -0.142. The van der Waals surface area contributed by atoms with Gasteiger partial charge in [0.05, 0.1) is 5.92 Å². The van der Waals surface area contributed by atoms with E-state index in [1.807, 2.05) is 6.92 Å². The molecule has 6 heteroatoms. The standard InChI is InChI=1S/C9H13Cl2NO3/c1-2-3-6(8(14)15)12-7(13)5-4-9(5,10)11/h5-6H,2-4H2,1H3,(H,12,13)(H,14,15). The van der Waals surface area contributed by atoms with E-state index in [0.717, 1.165) is 0 Å². The predicted molar refractivity (Wildman–Crippen MR) is 57.0 cm³/mol. The molecule has 0 spiro atoms. The summed E-state index contributed by atoms with van der Waals surface area (Å²) < 4.78 is -1.00. The minimum atomic E-state index is -1.03. The number of amides is 1. The highest BCUT2D eigenvalue weighted by atomic mass is 35.5. The van der Waals surface area contributed by atoms with Gasteiger partial charge in [-0.2, -0.15) is 0 Å². The molecule has 1 fully saturated rings. The van der Waals surface area contributed by atoms with Gasteiger partial charge in [-0.3, -0.25) is 4.79 Å². The van der Waals surface area contributed by atoms with Gasteiger partial charge in [-0.15, -0.1) is 23.2 Å². The van der Waals surface area contributed by atoms with Crippen molar-refractivity contribution in [3.05, 3.63) is 0 Å². The summed E-state index contributed by atoms with van der Waals surface area (Å²) in [5, 5.41) is 11.2. The van der Waals surface area contributed by atoms with Gasteiger partial charge in [-0.05, 0) is 12.8 Å². The van der Waals surface area contributed by atoms with E-state index in [1.54, 1.807) is 0 Å². The van der Waals surface area contributed by atoms with Crippen LogP contribution in [0.3, 0.4) is 0 Å². The minimum absolute atomic E-state index is 0.374. The quantitative estimate of drug-likeness (QED) is 0.731. The Bertz CT molecular complexity index is 281. The molecule has 2 N–H and O–H groups in total. The fourth-order valence-electron chi connectivity index (χ4n) is 1.32. The van der Waals surface area contributed by atoms with Crippen molar-refractivity contribution < 1.29 is 14.7 Å². The zero-order valence-corrected chi connectivity index (χ0v) is 9.81. The normalized spacial score (nSPS) is 24.3. The number of nitrogens with one attached hydrogen (secondary N) is 1. The van der Waals surface area contributed by atoms with Crippen molar-refractivity contribution in [1.82, 2.24) is 5.32 Å². The summed E-state index contributed by atoms with van der Waals surface area (Å²) >= 11 is 11.4. The molecule has 1 amide bonds. The summed E-state index contributed by atoms with van der Waals surface area (Å²) in [5.74, 6) is -1.87. The molecule has 15 heavy (non-hydrogen) atoms. The third-order valence-electron chi connectivity index (χ3n) is 2.33. The molecule has 86 valence electrons. The SMILES string of the molecule is CCCC(NC(=O)C1CC1(Cl)Cl)C(=O)O. The van der Waals surface area contributed by atoms with E-state index < -0.39 is 22.3 Å². The summed E-state index contributed by atoms with van der Waals surface area (Å²) in [6.45, 7) is 1.85. The second-order valence-corrected chi connectivity index (χ2v) is 5.25. The first-order valence-corrected chi connectivity index (χ1v) is 5.55. The van der Waals surface area contributed by atoms with E-state index in [4.69, 9.17) is 28.3 Å². The molecule has 0 saturated heterocycles. The van der Waals surface area contributed by atoms with Crippen LogP contribution in [0.2, 0.25) is 0 Å². The van der Waals surface area contributed by atoms with E-state index in [1.165, 1.54) is 0 Å². The van der Waals surface area contributed by atoms with Gasteiger partial charge in [0.1, 0.15) is 10.4 Å². The predicted octanol–water partition coefficient (Wildman–Crippen LogP) is 1.55. The highest BCUT2D eigenvalue weighted by Crippen LogP contribution is 2.53. The van der Waals surface area contributed by atoms with Crippen molar-refractivity contribution in [2.24, 2.45) is 5.92 Å². The molecule has 1 rings (SSSR count). The largest absolute Gasteiger partial charge is 0.480 e. The Morgan fingerprint density at radius 2 is 2.13 bits per heavy atom.